The highest BCUT2D eigenvalue weighted by molar-refractivity contribution is 6.32. The largest absolute Gasteiger partial charge is 0.353 e. The zero-order valence-corrected chi connectivity index (χ0v) is 14.7. The Balaban J connectivity index is 1.43. The Morgan fingerprint density at radius 1 is 1.23 bits per heavy atom. The number of nitrogens with zero attached hydrogens (tertiary/aromatic N) is 5. The molecule has 0 bridgehead atoms. The zero-order valence-electron chi connectivity index (χ0n) is 13.9. The van der Waals surface area contributed by atoms with Crippen LogP contribution < -0.4 is 10.2 Å². The predicted molar refractivity (Wildman–Crippen MR) is 98.7 cm³/mol. The number of pyridine rings is 1. The molecule has 3 aromatic rings. The maximum Gasteiger partial charge on any atom is 0.251 e. The molecule has 8 heteroatoms. The SMILES string of the molecule is O=C(N[C@@H]1CCN(c2ncccc2Cl)C1)c1cccc(-n2ccnn2)c1. The Morgan fingerprint density at radius 2 is 2.15 bits per heavy atom. The first-order chi connectivity index (χ1) is 12.7. The second-order valence-corrected chi connectivity index (χ2v) is 6.52. The van der Waals surface area contributed by atoms with Crippen LogP contribution in [0.3, 0.4) is 0 Å². The van der Waals surface area contributed by atoms with Gasteiger partial charge in [-0.25, -0.2) is 9.67 Å². The van der Waals surface area contributed by atoms with Crippen LogP contribution in [-0.2, 0) is 0 Å². The highest BCUT2D eigenvalue weighted by atomic mass is 35.5. The van der Waals surface area contributed by atoms with Crippen molar-refractivity contribution in [3.63, 3.8) is 0 Å². The quantitative estimate of drug-likeness (QED) is 0.764. The summed E-state index contributed by atoms with van der Waals surface area (Å²) in [6.45, 7) is 1.49. The third-order valence-corrected chi connectivity index (χ3v) is 4.65. The molecule has 0 saturated carbocycles. The van der Waals surface area contributed by atoms with E-state index < -0.39 is 0 Å². The van der Waals surface area contributed by atoms with E-state index in [4.69, 9.17) is 11.6 Å². The molecular formula is C18H17ClN6O. The van der Waals surface area contributed by atoms with E-state index >= 15 is 0 Å². The summed E-state index contributed by atoms with van der Waals surface area (Å²) in [5.74, 6) is 0.657. The predicted octanol–water partition coefficient (Wildman–Crippen LogP) is 2.32. The lowest BCUT2D eigenvalue weighted by molar-refractivity contribution is 0.0940. The minimum Gasteiger partial charge on any atom is -0.353 e. The smallest absolute Gasteiger partial charge is 0.251 e. The number of anilines is 1. The van der Waals surface area contributed by atoms with E-state index in [1.54, 1.807) is 35.4 Å². The van der Waals surface area contributed by atoms with Crippen molar-refractivity contribution in [1.29, 1.82) is 0 Å². The maximum absolute atomic E-state index is 12.6. The Morgan fingerprint density at radius 3 is 2.96 bits per heavy atom. The summed E-state index contributed by atoms with van der Waals surface area (Å²) >= 11 is 6.22. The van der Waals surface area contributed by atoms with Gasteiger partial charge >= 0.3 is 0 Å². The van der Waals surface area contributed by atoms with E-state index in [-0.39, 0.29) is 11.9 Å². The molecule has 0 aliphatic carbocycles. The van der Waals surface area contributed by atoms with Gasteiger partial charge in [0, 0.05) is 30.9 Å². The Bertz CT molecular complexity index is 914. The van der Waals surface area contributed by atoms with Crippen LogP contribution in [0.2, 0.25) is 5.02 Å². The van der Waals surface area contributed by atoms with E-state index in [1.807, 2.05) is 24.3 Å². The highest BCUT2D eigenvalue weighted by Crippen LogP contribution is 2.25. The standard InChI is InChI=1S/C18H17ClN6O/c19-16-5-2-7-20-17(16)24-9-6-14(12-24)22-18(26)13-3-1-4-15(11-13)25-10-8-21-23-25/h1-5,7-8,10-11,14H,6,9,12H2,(H,22,26)/t14-/m1/s1. The van der Waals surface area contributed by atoms with Gasteiger partial charge in [-0.2, -0.15) is 0 Å². The minimum absolute atomic E-state index is 0.0515. The van der Waals surface area contributed by atoms with Crippen molar-refractivity contribution in [3.05, 3.63) is 65.6 Å². The van der Waals surface area contributed by atoms with Crippen LogP contribution in [0.4, 0.5) is 5.82 Å². The molecule has 26 heavy (non-hydrogen) atoms. The summed E-state index contributed by atoms with van der Waals surface area (Å²) in [5, 5.41) is 11.5. The van der Waals surface area contributed by atoms with Crippen LogP contribution in [0.15, 0.2) is 55.0 Å². The number of carbonyl (C=O) groups is 1. The van der Waals surface area contributed by atoms with E-state index in [2.05, 4.69) is 25.5 Å². The van der Waals surface area contributed by atoms with Gasteiger partial charge in [0.1, 0.15) is 5.82 Å². The molecule has 1 saturated heterocycles. The van der Waals surface area contributed by atoms with Crippen molar-refractivity contribution in [1.82, 2.24) is 25.3 Å². The zero-order chi connectivity index (χ0) is 17.9. The van der Waals surface area contributed by atoms with Gasteiger partial charge in [-0.1, -0.05) is 22.9 Å². The Kier molecular flexibility index (Phi) is 4.53. The second kappa shape index (κ2) is 7.13. The molecule has 1 N–H and O–H groups in total. The lowest BCUT2D eigenvalue weighted by Crippen LogP contribution is -2.37. The van der Waals surface area contributed by atoms with Gasteiger partial charge in [-0.05, 0) is 36.8 Å². The third-order valence-electron chi connectivity index (χ3n) is 4.36. The molecule has 0 radical (unpaired) electrons. The van der Waals surface area contributed by atoms with Crippen molar-refractivity contribution in [3.8, 4) is 5.69 Å². The summed E-state index contributed by atoms with van der Waals surface area (Å²) < 4.78 is 1.62. The van der Waals surface area contributed by atoms with E-state index in [1.165, 1.54) is 0 Å². The number of halogens is 1. The summed E-state index contributed by atoms with van der Waals surface area (Å²) in [6.07, 6.45) is 5.91. The van der Waals surface area contributed by atoms with Crippen LogP contribution in [0.5, 0.6) is 0 Å². The highest BCUT2D eigenvalue weighted by Gasteiger charge is 2.26. The van der Waals surface area contributed by atoms with Gasteiger partial charge in [-0.15, -0.1) is 5.10 Å². The molecule has 132 valence electrons. The maximum atomic E-state index is 12.6. The fourth-order valence-electron chi connectivity index (χ4n) is 3.08. The van der Waals surface area contributed by atoms with Gasteiger partial charge in [0.2, 0.25) is 0 Å². The average Bonchev–Trinajstić information content (AvgIpc) is 3.34. The lowest BCUT2D eigenvalue weighted by Gasteiger charge is -2.19. The summed E-state index contributed by atoms with van der Waals surface area (Å²) in [6, 6.07) is 11.0. The number of carbonyl (C=O) groups excluding carboxylic acids is 1. The van der Waals surface area contributed by atoms with Crippen LogP contribution in [0.25, 0.3) is 5.69 Å². The van der Waals surface area contributed by atoms with Gasteiger partial charge in [0.15, 0.2) is 0 Å². The molecule has 2 aromatic heterocycles. The molecule has 1 amide bonds. The normalized spacial score (nSPS) is 16.7. The van der Waals surface area contributed by atoms with Crippen LogP contribution in [0, 0.1) is 0 Å². The molecule has 0 unspecified atom stereocenters. The van der Waals surface area contributed by atoms with Crippen molar-refractivity contribution in [2.24, 2.45) is 0 Å². The summed E-state index contributed by atoms with van der Waals surface area (Å²) in [5.41, 5.74) is 1.38. The molecule has 3 heterocycles. The summed E-state index contributed by atoms with van der Waals surface area (Å²) in [7, 11) is 0. The average molecular weight is 369 g/mol. The number of rotatable bonds is 4. The molecule has 7 nitrogen and oxygen atoms in total. The van der Waals surface area contributed by atoms with Crippen molar-refractivity contribution in [2.75, 3.05) is 18.0 Å². The molecule has 0 spiro atoms. The van der Waals surface area contributed by atoms with Crippen LogP contribution >= 0.6 is 11.6 Å². The van der Waals surface area contributed by atoms with Crippen molar-refractivity contribution < 1.29 is 4.79 Å². The summed E-state index contributed by atoms with van der Waals surface area (Å²) in [4.78, 5) is 19.1. The van der Waals surface area contributed by atoms with Crippen molar-refractivity contribution >= 4 is 23.3 Å². The number of nitrogens with one attached hydrogen (secondary N) is 1. The Hall–Kier alpha value is -2.93. The van der Waals surface area contributed by atoms with Crippen molar-refractivity contribution in [2.45, 2.75) is 12.5 Å². The van der Waals surface area contributed by atoms with E-state index in [9.17, 15) is 4.79 Å². The van der Waals surface area contributed by atoms with Crippen LogP contribution in [-0.4, -0.2) is 45.0 Å². The fourth-order valence-corrected chi connectivity index (χ4v) is 3.33. The number of hydrogen-bond acceptors (Lipinski definition) is 5. The van der Waals surface area contributed by atoms with Gasteiger partial charge in [0.05, 0.1) is 23.1 Å². The number of hydrogen-bond donors (Lipinski definition) is 1. The molecule has 4 rings (SSSR count). The van der Waals surface area contributed by atoms with Gasteiger partial charge < -0.3 is 10.2 Å². The first kappa shape index (κ1) is 16.5. The van der Waals surface area contributed by atoms with E-state index in [0.29, 0.717) is 17.1 Å². The first-order valence-electron chi connectivity index (χ1n) is 8.34. The molecule has 1 fully saturated rings. The molecule has 1 aromatic carbocycles. The lowest BCUT2D eigenvalue weighted by atomic mass is 10.1. The second-order valence-electron chi connectivity index (χ2n) is 6.11. The van der Waals surface area contributed by atoms with E-state index in [0.717, 1.165) is 24.5 Å². The number of benzene rings is 1. The molecule has 1 aliphatic rings. The molecule has 1 atom stereocenters. The molecular weight excluding hydrogens is 352 g/mol. The monoisotopic (exact) mass is 368 g/mol. The Labute approximate surface area is 155 Å². The number of aromatic nitrogens is 4. The van der Waals surface area contributed by atoms with Gasteiger partial charge in [-0.3, -0.25) is 4.79 Å². The molecule has 1 aliphatic heterocycles. The van der Waals surface area contributed by atoms with Crippen LogP contribution in [0.1, 0.15) is 16.8 Å². The minimum atomic E-state index is -0.106. The first-order valence-corrected chi connectivity index (χ1v) is 8.71. The number of amides is 1. The fraction of sp³-hybridized carbons (Fsp3) is 0.222. The third kappa shape index (κ3) is 3.39. The topological polar surface area (TPSA) is 75.9 Å². The van der Waals surface area contributed by atoms with Gasteiger partial charge in [0.25, 0.3) is 5.91 Å².